The number of benzene rings is 1. The fraction of sp³-hybridized carbons (Fsp3) is 0.455. The highest BCUT2D eigenvalue weighted by atomic mass is 16.5. The van der Waals surface area contributed by atoms with Crippen LogP contribution >= 0.6 is 0 Å². The molecule has 1 aliphatic carbocycles. The molecule has 0 bridgehead atoms. The van der Waals surface area contributed by atoms with E-state index in [0.29, 0.717) is 11.3 Å². The van der Waals surface area contributed by atoms with Crippen LogP contribution in [0, 0.1) is 0 Å². The minimum atomic E-state index is 0.0305. The van der Waals surface area contributed by atoms with Gasteiger partial charge in [-0.3, -0.25) is 9.78 Å². The Kier molecular flexibility index (Phi) is 4.87. The number of pyridine rings is 1. The molecular formula is C22H26N2O3. The highest BCUT2D eigenvalue weighted by Gasteiger charge is 2.42. The summed E-state index contributed by atoms with van der Waals surface area (Å²) in [6.07, 6.45) is 7.55. The number of rotatable bonds is 3. The second kappa shape index (κ2) is 7.31. The molecule has 4 rings (SSSR count). The molecule has 1 spiro atoms. The van der Waals surface area contributed by atoms with Crippen molar-refractivity contribution in [1.82, 2.24) is 9.88 Å². The van der Waals surface area contributed by atoms with Gasteiger partial charge in [-0.1, -0.05) is 24.3 Å². The minimum Gasteiger partial charge on any atom is -0.494 e. The molecule has 0 saturated carbocycles. The summed E-state index contributed by atoms with van der Waals surface area (Å²) in [5, 5.41) is 0. The summed E-state index contributed by atoms with van der Waals surface area (Å²) in [4.78, 5) is 19.0. The predicted octanol–water partition coefficient (Wildman–Crippen LogP) is 3.75. The number of likely N-dealkylation sites (tertiary alicyclic amines) is 1. The summed E-state index contributed by atoms with van der Waals surface area (Å²) in [5.41, 5.74) is 3.48. The lowest BCUT2D eigenvalue weighted by molar-refractivity contribution is 0.0499. The molecule has 1 aliphatic heterocycles. The summed E-state index contributed by atoms with van der Waals surface area (Å²) in [5.74, 6) is 0.566. The van der Waals surface area contributed by atoms with Crippen molar-refractivity contribution >= 4 is 5.91 Å². The molecule has 2 aliphatic rings. The van der Waals surface area contributed by atoms with Gasteiger partial charge in [0, 0.05) is 26.4 Å². The number of carbonyl (C=O) groups excluding carboxylic acids is 1. The highest BCUT2D eigenvalue weighted by Crippen LogP contribution is 2.48. The van der Waals surface area contributed by atoms with E-state index in [1.54, 1.807) is 32.7 Å². The van der Waals surface area contributed by atoms with E-state index in [-0.39, 0.29) is 17.4 Å². The molecular weight excluding hydrogens is 340 g/mol. The van der Waals surface area contributed by atoms with Gasteiger partial charge in [-0.25, -0.2) is 0 Å². The molecule has 0 radical (unpaired) electrons. The topological polar surface area (TPSA) is 51.7 Å². The molecule has 2 heterocycles. The lowest BCUT2D eigenvalue weighted by atomic mass is 9.64. The Morgan fingerprint density at radius 2 is 1.93 bits per heavy atom. The fourth-order valence-electron chi connectivity index (χ4n) is 4.75. The van der Waals surface area contributed by atoms with E-state index in [1.165, 1.54) is 11.1 Å². The number of amides is 1. The summed E-state index contributed by atoms with van der Waals surface area (Å²) in [7, 11) is 3.37. The average molecular weight is 366 g/mol. The number of carbonyl (C=O) groups is 1. The van der Waals surface area contributed by atoms with Crippen LogP contribution < -0.4 is 4.74 Å². The number of nitrogens with zero attached hydrogens (tertiary/aromatic N) is 2. The van der Waals surface area contributed by atoms with E-state index in [2.05, 4.69) is 29.2 Å². The van der Waals surface area contributed by atoms with Gasteiger partial charge in [0.1, 0.15) is 5.75 Å². The maximum Gasteiger partial charge on any atom is 0.257 e. The number of aromatic nitrogens is 1. The maximum atomic E-state index is 13.0. The highest BCUT2D eigenvalue weighted by molar-refractivity contribution is 5.96. The molecule has 1 unspecified atom stereocenters. The van der Waals surface area contributed by atoms with Crippen molar-refractivity contribution in [2.75, 3.05) is 27.3 Å². The van der Waals surface area contributed by atoms with Gasteiger partial charge in [0.05, 0.1) is 25.0 Å². The van der Waals surface area contributed by atoms with Crippen LogP contribution in [0.4, 0.5) is 0 Å². The standard InChI is InChI=1S/C22H26N2O3/c1-26-19-7-9-22(18-6-4-3-5-16(18)19)10-13-24(14-11-22)21(25)17-8-12-23-15-20(17)27-2/h3-6,8,12,15,19H,7,9-11,13-14H2,1-2H3. The molecule has 27 heavy (non-hydrogen) atoms. The van der Waals surface area contributed by atoms with E-state index in [9.17, 15) is 4.79 Å². The zero-order valence-electron chi connectivity index (χ0n) is 16.0. The Balaban J connectivity index is 1.55. The number of ether oxygens (including phenoxy) is 2. The lowest BCUT2D eigenvalue weighted by Gasteiger charge is -2.47. The van der Waals surface area contributed by atoms with E-state index in [1.807, 2.05) is 4.90 Å². The van der Waals surface area contributed by atoms with E-state index < -0.39 is 0 Å². The Bertz CT molecular complexity index is 828. The van der Waals surface area contributed by atoms with Crippen molar-refractivity contribution in [2.24, 2.45) is 0 Å². The molecule has 1 saturated heterocycles. The summed E-state index contributed by atoms with van der Waals surface area (Å²) < 4.78 is 11.0. The molecule has 1 fully saturated rings. The Hall–Kier alpha value is -2.40. The largest absolute Gasteiger partial charge is 0.494 e. The molecule has 5 nitrogen and oxygen atoms in total. The first-order valence-corrected chi connectivity index (χ1v) is 9.58. The monoisotopic (exact) mass is 366 g/mol. The zero-order chi connectivity index (χ0) is 18.9. The Morgan fingerprint density at radius 1 is 1.15 bits per heavy atom. The average Bonchev–Trinajstić information content (AvgIpc) is 2.74. The molecule has 2 aromatic rings. The SMILES string of the molecule is COc1cnccc1C(=O)N1CCC2(CCC(OC)c3ccccc32)CC1. The van der Waals surface area contributed by atoms with Gasteiger partial charge in [0.15, 0.2) is 0 Å². The van der Waals surface area contributed by atoms with Crippen molar-refractivity contribution in [3.63, 3.8) is 0 Å². The van der Waals surface area contributed by atoms with E-state index in [0.717, 1.165) is 38.8 Å². The van der Waals surface area contributed by atoms with E-state index >= 15 is 0 Å². The van der Waals surface area contributed by atoms with Gasteiger partial charge >= 0.3 is 0 Å². The fourth-order valence-corrected chi connectivity index (χ4v) is 4.75. The number of piperidine rings is 1. The number of hydrogen-bond donors (Lipinski definition) is 0. The predicted molar refractivity (Wildman–Crippen MR) is 103 cm³/mol. The van der Waals surface area contributed by atoms with Crippen LogP contribution in [-0.4, -0.2) is 43.1 Å². The molecule has 1 aromatic carbocycles. The van der Waals surface area contributed by atoms with Crippen LogP contribution in [0.5, 0.6) is 5.75 Å². The molecule has 0 N–H and O–H groups in total. The maximum absolute atomic E-state index is 13.0. The van der Waals surface area contributed by atoms with Crippen LogP contribution in [0.3, 0.4) is 0 Å². The lowest BCUT2D eigenvalue weighted by Crippen LogP contribution is -2.47. The first kappa shape index (κ1) is 18.0. The second-order valence-corrected chi connectivity index (χ2v) is 7.50. The van der Waals surface area contributed by atoms with Crippen LogP contribution in [0.1, 0.15) is 53.3 Å². The van der Waals surface area contributed by atoms with Crippen LogP contribution in [0.25, 0.3) is 0 Å². The molecule has 142 valence electrons. The van der Waals surface area contributed by atoms with Gasteiger partial charge in [-0.2, -0.15) is 0 Å². The third kappa shape index (κ3) is 3.10. The molecule has 5 heteroatoms. The van der Waals surface area contributed by atoms with Crippen LogP contribution in [0.2, 0.25) is 0 Å². The van der Waals surface area contributed by atoms with Gasteiger partial charge in [-0.05, 0) is 48.3 Å². The molecule has 1 aromatic heterocycles. The van der Waals surface area contributed by atoms with Gasteiger partial charge < -0.3 is 14.4 Å². The quantitative estimate of drug-likeness (QED) is 0.830. The van der Waals surface area contributed by atoms with Crippen molar-refractivity contribution in [3.05, 3.63) is 59.4 Å². The van der Waals surface area contributed by atoms with E-state index in [4.69, 9.17) is 9.47 Å². The van der Waals surface area contributed by atoms with Crippen molar-refractivity contribution < 1.29 is 14.3 Å². The zero-order valence-corrected chi connectivity index (χ0v) is 16.0. The third-order valence-corrected chi connectivity index (χ3v) is 6.29. The Labute approximate surface area is 160 Å². The summed E-state index contributed by atoms with van der Waals surface area (Å²) >= 11 is 0. The Morgan fingerprint density at radius 3 is 2.67 bits per heavy atom. The number of hydrogen-bond acceptors (Lipinski definition) is 4. The van der Waals surface area contributed by atoms with Crippen molar-refractivity contribution in [1.29, 1.82) is 0 Å². The summed E-state index contributed by atoms with van der Waals surface area (Å²) in [6.45, 7) is 1.52. The smallest absolute Gasteiger partial charge is 0.257 e. The van der Waals surface area contributed by atoms with Crippen molar-refractivity contribution in [2.45, 2.75) is 37.2 Å². The van der Waals surface area contributed by atoms with Gasteiger partial charge in [0.25, 0.3) is 5.91 Å². The first-order chi connectivity index (χ1) is 13.2. The molecule has 1 amide bonds. The normalized spacial score (nSPS) is 21.0. The molecule has 1 atom stereocenters. The number of fused-ring (bicyclic) bond motifs is 2. The third-order valence-electron chi connectivity index (χ3n) is 6.29. The second-order valence-electron chi connectivity index (χ2n) is 7.50. The first-order valence-electron chi connectivity index (χ1n) is 9.58. The van der Waals surface area contributed by atoms with Crippen LogP contribution in [0.15, 0.2) is 42.7 Å². The summed E-state index contributed by atoms with van der Waals surface area (Å²) in [6, 6.07) is 10.4. The van der Waals surface area contributed by atoms with Gasteiger partial charge in [0.2, 0.25) is 0 Å². The van der Waals surface area contributed by atoms with Crippen LogP contribution in [-0.2, 0) is 10.2 Å². The minimum absolute atomic E-state index is 0.0305. The van der Waals surface area contributed by atoms with Gasteiger partial charge in [-0.15, -0.1) is 0 Å². The number of methoxy groups -OCH3 is 2. The van der Waals surface area contributed by atoms with Crippen molar-refractivity contribution in [3.8, 4) is 5.75 Å².